The summed E-state index contributed by atoms with van der Waals surface area (Å²) in [5.41, 5.74) is 4.33. The predicted octanol–water partition coefficient (Wildman–Crippen LogP) is 7.45. The number of fused-ring (bicyclic) bond motifs is 2. The number of furan rings is 1. The lowest BCUT2D eigenvalue weighted by Crippen LogP contribution is -2.56. The van der Waals surface area contributed by atoms with Crippen molar-refractivity contribution in [1.82, 2.24) is 39.8 Å². The minimum absolute atomic E-state index is 0.0101. The van der Waals surface area contributed by atoms with Crippen molar-refractivity contribution in [1.29, 1.82) is 0 Å². The number of aromatic nitrogens is 6. The summed E-state index contributed by atoms with van der Waals surface area (Å²) in [6, 6.07) is 22.8. The quantitative estimate of drug-likeness (QED) is 0.159. The number of amides is 3. The number of hydrogen-bond donors (Lipinski definition) is 2. The Labute approximate surface area is 333 Å². The monoisotopic (exact) mass is 783 g/mol. The van der Waals surface area contributed by atoms with E-state index >= 15 is 0 Å². The van der Waals surface area contributed by atoms with Gasteiger partial charge in [0.15, 0.2) is 5.65 Å². The first-order valence-electron chi connectivity index (χ1n) is 19.0. The van der Waals surface area contributed by atoms with E-state index in [1.807, 2.05) is 50.2 Å². The van der Waals surface area contributed by atoms with Gasteiger partial charge in [0.05, 0.1) is 18.9 Å². The van der Waals surface area contributed by atoms with Gasteiger partial charge in [0.1, 0.15) is 39.6 Å². The average molecular weight is 784 g/mol. The van der Waals surface area contributed by atoms with E-state index in [1.54, 1.807) is 71.4 Å². The fourth-order valence-corrected chi connectivity index (χ4v) is 7.40. The second-order valence-electron chi connectivity index (χ2n) is 15.5. The van der Waals surface area contributed by atoms with Crippen LogP contribution in [0.5, 0.6) is 0 Å². The van der Waals surface area contributed by atoms with E-state index in [1.165, 1.54) is 18.3 Å². The first kappa shape index (κ1) is 38.0. The number of nitrogens with zero attached hydrogens (tertiary/aromatic N) is 7. The van der Waals surface area contributed by atoms with E-state index in [9.17, 15) is 18.8 Å². The zero-order valence-electron chi connectivity index (χ0n) is 32.7. The molecule has 0 atom stereocenters. The van der Waals surface area contributed by atoms with Gasteiger partial charge in [0.2, 0.25) is 5.91 Å². The molecule has 0 unspecified atom stereocenters. The Kier molecular flexibility index (Phi) is 9.75. The topological polar surface area (TPSA) is 162 Å². The molecule has 5 heterocycles. The molecular formula is C43H42FN9O5. The Balaban J connectivity index is 1.05. The van der Waals surface area contributed by atoms with Gasteiger partial charge in [0.25, 0.3) is 5.91 Å². The van der Waals surface area contributed by atoms with Crippen LogP contribution in [0.4, 0.5) is 14.9 Å². The number of carbonyl (C=O) groups excluding carboxylic acids is 3. The van der Waals surface area contributed by atoms with Crippen molar-refractivity contribution in [2.75, 3.05) is 18.4 Å². The molecule has 1 fully saturated rings. The number of rotatable bonds is 8. The minimum Gasteiger partial charge on any atom is -0.459 e. The molecule has 1 aliphatic rings. The standard InChI is InChI=1S/C43H42FN9O5/c1-26-21-27(2)53-38(47-26)33(23-46-53)39(54)48-31-14-11-28(12-15-31)34-25-52(50-49-34)43(17-19-51(20-18-43)41(56)58-42(3,4)5)40(55)45-24-36-37(29-9-7-6-8-10-29)32-22-30(44)13-16-35(32)57-36/h6-16,21-23,25H,17-20,24H2,1-5H3,(H,45,55)(H,48,54). The number of piperidine rings is 1. The summed E-state index contributed by atoms with van der Waals surface area (Å²) in [6.07, 6.45) is 3.20. The molecule has 58 heavy (non-hydrogen) atoms. The smallest absolute Gasteiger partial charge is 0.410 e. The molecule has 4 aromatic heterocycles. The third kappa shape index (κ3) is 7.38. The van der Waals surface area contributed by atoms with Crippen molar-refractivity contribution < 1.29 is 27.9 Å². The largest absolute Gasteiger partial charge is 0.459 e. The van der Waals surface area contributed by atoms with Gasteiger partial charge in [-0.05, 0) is 89.4 Å². The molecule has 1 saturated heterocycles. The second kappa shape index (κ2) is 14.9. The van der Waals surface area contributed by atoms with E-state index in [2.05, 4.69) is 31.0 Å². The van der Waals surface area contributed by atoms with Gasteiger partial charge in [-0.15, -0.1) is 5.10 Å². The first-order valence-corrected chi connectivity index (χ1v) is 19.0. The summed E-state index contributed by atoms with van der Waals surface area (Å²) in [5, 5.41) is 19.8. The molecule has 0 bridgehead atoms. The van der Waals surface area contributed by atoms with Gasteiger partial charge in [-0.25, -0.2) is 23.4 Å². The molecule has 14 nitrogen and oxygen atoms in total. The number of carbonyl (C=O) groups is 3. The number of anilines is 1. The fourth-order valence-electron chi connectivity index (χ4n) is 7.40. The van der Waals surface area contributed by atoms with Crippen LogP contribution in [-0.2, 0) is 21.6 Å². The molecule has 15 heteroatoms. The molecule has 0 saturated carbocycles. The van der Waals surface area contributed by atoms with Crippen molar-refractivity contribution in [3.05, 3.63) is 120 Å². The number of halogens is 1. The number of aryl methyl sites for hydroxylation is 2. The third-order valence-electron chi connectivity index (χ3n) is 10.3. The zero-order chi connectivity index (χ0) is 40.8. The van der Waals surface area contributed by atoms with Crippen LogP contribution in [0.3, 0.4) is 0 Å². The molecule has 7 aromatic rings. The Bertz CT molecular complexity index is 2670. The van der Waals surface area contributed by atoms with Crippen LogP contribution in [0.2, 0.25) is 0 Å². The Morgan fingerprint density at radius 2 is 1.69 bits per heavy atom. The van der Waals surface area contributed by atoms with Crippen LogP contribution in [0, 0.1) is 19.7 Å². The average Bonchev–Trinajstić information content (AvgIpc) is 3.95. The lowest BCUT2D eigenvalue weighted by molar-refractivity contribution is -0.133. The van der Waals surface area contributed by atoms with E-state index in [0.29, 0.717) is 50.4 Å². The number of nitrogens with one attached hydrogen (secondary N) is 2. The van der Waals surface area contributed by atoms with Crippen LogP contribution in [0.25, 0.3) is 39.0 Å². The van der Waals surface area contributed by atoms with E-state index in [-0.39, 0.29) is 44.3 Å². The maximum atomic E-state index is 14.5. The van der Waals surface area contributed by atoms with Gasteiger partial charge in [-0.3, -0.25) is 9.59 Å². The number of benzene rings is 3. The molecule has 0 radical (unpaired) electrons. The molecule has 8 rings (SSSR count). The van der Waals surface area contributed by atoms with Crippen molar-refractivity contribution in [2.24, 2.45) is 0 Å². The molecule has 3 amide bonds. The summed E-state index contributed by atoms with van der Waals surface area (Å²) in [7, 11) is 0. The summed E-state index contributed by atoms with van der Waals surface area (Å²) in [5.74, 6) is -0.619. The first-order chi connectivity index (χ1) is 27.8. The van der Waals surface area contributed by atoms with E-state index in [4.69, 9.17) is 9.15 Å². The van der Waals surface area contributed by atoms with Crippen LogP contribution in [0.15, 0.2) is 95.7 Å². The van der Waals surface area contributed by atoms with Crippen LogP contribution < -0.4 is 10.6 Å². The number of ether oxygens (including phenoxy) is 1. The van der Waals surface area contributed by atoms with E-state index < -0.39 is 23.1 Å². The molecule has 2 N–H and O–H groups in total. The maximum absolute atomic E-state index is 14.5. The normalized spacial score (nSPS) is 14.1. The lowest BCUT2D eigenvalue weighted by Gasteiger charge is -2.40. The third-order valence-corrected chi connectivity index (χ3v) is 10.3. The highest BCUT2D eigenvalue weighted by molar-refractivity contribution is 6.08. The molecule has 1 aliphatic heterocycles. The number of likely N-dealkylation sites (tertiary alicyclic amines) is 1. The van der Waals surface area contributed by atoms with Gasteiger partial charge in [-0.1, -0.05) is 47.7 Å². The summed E-state index contributed by atoms with van der Waals surface area (Å²) in [6.45, 7) is 9.66. The SMILES string of the molecule is Cc1cc(C)n2ncc(C(=O)Nc3ccc(-c4cn(C5(C(=O)NCc6oc7ccc(F)cc7c6-c6ccccc6)CCN(C(=O)OC(C)(C)C)CC5)nn4)cc3)c2n1. The highest BCUT2D eigenvalue weighted by atomic mass is 19.1. The van der Waals surface area contributed by atoms with E-state index in [0.717, 1.165) is 17.0 Å². The van der Waals surface area contributed by atoms with Gasteiger partial charge >= 0.3 is 6.09 Å². The highest BCUT2D eigenvalue weighted by Crippen LogP contribution is 2.37. The van der Waals surface area contributed by atoms with Crippen molar-refractivity contribution in [3.8, 4) is 22.4 Å². The summed E-state index contributed by atoms with van der Waals surface area (Å²) in [4.78, 5) is 46.9. The van der Waals surface area contributed by atoms with Gasteiger partial charge < -0.3 is 24.7 Å². The van der Waals surface area contributed by atoms with Gasteiger partial charge in [0, 0.05) is 46.7 Å². The maximum Gasteiger partial charge on any atom is 0.410 e. The zero-order valence-corrected chi connectivity index (χ0v) is 32.7. The Morgan fingerprint density at radius 3 is 2.41 bits per heavy atom. The minimum atomic E-state index is -1.23. The van der Waals surface area contributed by atoms with Crippen LogP contribution in [0.1, 0.15) is 61.1 Å². The highest BCUT2D eigenvalue weighted by Gasteiger charge is 2.46. The van der Waals surface area contributed by atoms with Crippen molar-refractivity contribution in [3.63, 3.8) is 0 Å². The molecule has 3 aromatic carbocycles. The fraction of sp³-hybridized carbons (Fsp3) is 0.279. The van der Waals surface area contributed by atoms with Crippen LogP contribution >= 0.6 is 0 Å². The Morgan fingerprint density at radius 1 is 0.948 bits per heavy atom. The Hall–Kier alpha value is -6.90. The summed E-state index contributed by atoms with van der Waals surface area (Å²) < 4.78 is 29.5. The van der Waals surface area contributed by atoms with Crippen molar-refractivity contribution >= 4 is 40.2 Å². The molecule has 296 valence electrons. The lowest BCUT2D eigenvalue weighted by atomic mass is 9.86. The molecule has 0 aliphatic carbocycles. The molecular weight excluding hydrogens is 742 g/mol. The summed E-state index contributed by atoms with van der Waals surface area (Å²) >= 11 is 0. The molecule has 0 spiro atoms. The van der Waals surface area contributed by atoms with Gasteiger partial charge in [-0.2, -0.15) is 5.10 Å². The van der Waals surface area contributed by atoms with Crippen molar-refractivity contribution in [2.45, 2.75) is 65.1 Å². The second-order valence-corrected chi connectivity index (χ2v) is 15.5. The predicted molar refractivity (Wildman–Crippen MR) is 214 cm³/mol. The van der Waals surface area contributed by atoms with Crippen LogP contribution in [-0.4, -0.2) is 71.1 Å². The number of hydrogen-bond acceptors (Lipinski definition) is 9.